The molecule has 0 aliphatic carbocycles. The minimum atomic E-state index is -0.0547. The van der Waals surface area contributed by atoms with E-state index in [0.29, 0.717) is 6.54 Å². The van der Waals surface area contributed by atoms with Gasteiger partial charge in [0.1, 0.15) is 11.9 Å². The summed E-state index contributed by atoms with van der Waals surface area (Å²) in [6, 6.07) is 1.84. The molecule has 2 aromatic rings. The zero-order chi connectivity index (χ0) is 16.2. The van der Waals surface area contributed by atoms with Crippen LogP contribution in [0.3, 0.4) is 0 Å². The van der Waals surface area contributed by atoms with Crippen molar-refractivity contribution in [1.82, 2.24) is 19.9 Å². The lowest BCUT2D eigenvalue weighted by Gasteiger charge is -2.31. The van der Waals surface area contributed by atoms with Crippen molar-refractivity contribution in [3.05, 3.63) is 41.7 Å². The van der Waals surface area contributed by atoms with Gasteiger partial charge in [-0.1, -0.05) is 6.92 Å². The molecule has 1 aliphatic rings. The maximum atomic E-state index is 12.4. The van der Waals surface area contributed by atoms with Crippen molar-refractivity contribution >= 4 is 5.91 Å². The number of H-pyrrole nitrogens is 1. The molecule has 3 rings (SSSR count). The molecule has 1 fully saturated rings. The van der Waals surface area contributed by atoms with Gasteiger partial charge in [0.25, 0.3) is 5.91 Å². The molecule has 6 nitrogen and oxygen atoms in total. The van der Waals surface area contributed by atoms with Gasteiger partial charge in [0.15, 0.2) is 0 Å². The average molecular weight is 316 g/mol. The van der Waals surface area contributed by atoms with Gasteiger partial charge in [-0.3, -0.25) is 4.79 Å². The normalized spacial score (nSPS) is 21.3. The summed E-state index contributed by atoms with van der Waals surface area (Å²) >= 11 is 0. The Hall–Kier alpha value is -2.08. The zero-order valence-corrected chi connectivity index (χ0v) is 13.7. The molecule has 0 radical (unpaired) electrons. The van der Waals surface area contributed by atoms with Gasteiger partial charge in [-0.25, -0.2) is 4.98 Å². The summed E-state index contributed by atoms with van der Waals surface area (Å²) in [7, 11) is 1.98. The molecular formula is C17H24N4O2. The summed E-state index contributed by atoms with van der Waals surface area (Å²) in [4.78, 5) is 19.9. The number of ether oxygens (including phenoxy) is 1. The number of aryl methyl sites for hydroxylation is 2. The van der Waals surface area contributed by atoms with E-state index < -0.39 is 0 Å². The third kappa shape index (κ3) is 3.32. The van der Waals surface area contributed by atoms with Gasteiger partial charge in [0.05, 0.1) is 5.56 Å². The van der Waals surface area contributed by atoms with Crippen LogP contribution in [-0.2, 0) is 18.2 Å². The van der Waals surface area contributed by atoms with E-state index in [0.717, 1.165) is 43.0 Å². The Labute approximate surface area is 136 Å². The molecule has 1 amide bonds. The van der Waals surface area contributed by atoms with Gasteiger partial charge in [-0.15, -0.1) is 0 Å². The Balaban J connectivity index is 1.66. The number of hydrogen-bond donors (Lipinski definition) is 2. The fourth-order valence-corrected chi connectivity index (χ4v) is 3.22. The van der Waals surface area contributed by atoms with E-state index in [1.54, 1.807) is 6.20 Å². The standard InChI is InChI=1S/C17H24N4O2/c1-3-14-13(6-7-18-14)17(22)20-11-12-5-4-10-23-15(12)16-19-8-9-21(16)2/h6-9,12,15,18H,3-5,10-11H2,1-2H3,(H,20,22)/t12-,15+/m0/s1. The lowest BCUT2D eigenvalue weighted by Crippen LogP contribution is -2.36. The molecule has 6 heteroatoms. The van der Waals surface area contributed by atoms with E-state index in [-0.39, 0.29) is 17.9 Å². The van der Waals surface area contributed by atoms with Crippen molar-refractivity contribution in [1.29, 1.82) is 0 Å². The number of nitrogens with one attached hydrogen (secondary N) is 2. The van der Waals surface area contributed by atoms with Crippen LogP contribution in [0.1, 0.15) is 47.7 Å². The maximum absolute atomic E-state index is 12.4. The largest absolute Gasteiger partial charge is 0.370 e. The number of rotatable bonds is 5. The number of imidazole rings is 1. The van der Waals surface area contributed by atoms with E-state index in [4.69, 9.17) is 4.74 Å². The zero-order valence-electron chi connectivity index (χ0n) is 13.7. The summed E-state index contributed by atoms with van der Waals surface area (Å²) in [5.74, 6) is 1.16. The second-order valence-electron chi connectivity index (χ2n) is 6.02. The van der Waals surface area contributed by atoms with Crippen molar-refractivity contribution in [3.8, 4) is 0 Å². The molecular weight excluding hydrogens is 292 g/mol. The molecule has 0 bridgehead atoms. The first-order valence-corrected chi connectivity index (χ1v) is 8.24. The summed E-state index contributed by atoms with van der Waals surface area (Å²) in [6.07, 6.45) is 8.34. The van der Waals surface area contributed by atoms with Crippen LogP contribution in [0.25, 0.3) is 0 Å². The molecule has 124 valence electrons. The molecule has 2 N–H and O–H groups in total. The molecule has 0 saturated carbocycles. The van der Waals surface area contributed by atoms with Crippen molar-refractivity contribution in [2.45, 2.75) is 32.3 Å². The molecule has 2 atom stereocenters. The quantitative estimate of drug-likeness (QED) is 0.888. The summed E-state index contributed by atoms with van der Waals surface area (Å²) in [5, 5.41) is 3.06. The van der Waals surface area contributed by atoms with Gasteiger partial charge in [-0.05, 0) is 25.3 Å². The highest BCUT2D eigenvalue weighted by Crippen LogP contribution is 2.32. The molecule has 0 unspecified atom stereocenters. The van der Waals surface area contributed by atoms with Crippen molar-refractivity contribution < 1.29 is 9.53 Å². The predicted octanol–water partition coefficient (Wildman–Crippen LogP) is 2.21. The van der Waals surface area contributed by atoms with E-state index in [1.165, 1.54) is 0 Å². The highest BCUT2D eigenvalue weighted by molar-refractivity contribution is 5.95. The molecule has 0 spiro atoms. The highest BCUT2D eigenvalue weighted by atomic mass is 16.5. The van der Waals surface area contributed by atoms with Gasteiger partial charge >= 0.3 is 0 Å². The summed E-state index contributed by atoms with van der Waals surface area (Å²) in [6.45, 7) is 3.39. The van der Waals surface area contributed by atoms with Gasteiger partial charge in [0.2, 0.25) is 0 Å². The third-order valence-electron chi connectivity index (χ3n) is 4.51. The first kappa shape index (κ1) is 15.8. The minimum Gasteiger partial charge on any atom is -0.370 e. The monoisotopic (exact) mass is 316 g/mol. The Morgan fingerprint density at radius 1 is 1.57 bits per heavy atom. The lowest BCUT2D eigenvalue weighted by molar-refractivity contribution is -0.0337. The highest BCUT2D eigenvalue weighted by Gasteiger charge is 2.30. The molecule has 3 heterocycles. The predicted molar refractivity (Wildman–Crippen MR) is 87.1 cm³/mol. The number of carbonyl (C=O) groups excluding carboxylic acids is 1. The number of nitrogens with zero attached hydrogens (tertiary/aromatic N) is 2. The van der Waals surface area contributed by atoms with Crippen molar-refractivity contribution in [2.24, 2.45) is 13.0 Å². The number of aromatic nitrogens is 3. The van der Waals surface area contributed by atoms with Gasteiger partial charge in [-0.2, -0.15) is 0 Å². The number of amides is 1. The number of hydrogen-bond acceptors (Lipinski definition) is 3. The van der Waals surface area contributed by atoms with Crippen molar-refractivity contribution in [2.75, 3.05) is 13.2 Å². The Bertz CT molecular complexity index is 661. The second kappa shape index (κ2) is 7.00. The van der Waals surface area contributed by atoms with E-state index in [9.17, 15) is 4.79 Å². The Morgan fingerprint density at radius 2 is 2.43 bits per heavy atom. The molecule has 1 saturated heterocycles. The van der Waals surface area contributed by atoms with Crippen molar-refractivity contribution in [3.63, 3.8) is 0 Å². The number of carbonyl (C=O) groups is 1. The second-order valence-corrected chi connectivity index (χ2v) is 6.02. The van der Waals surface area contributed by atoms with Crippen LogP contribution in [0.2, 0.25) is 0 Å². The first-order valence-electron chi connectivity index (χ1n) is 8.24. The topological polar surface area (TPSA) is 71.9 Å². The Kier molecular flexibility index (Phi) is 4.81. The minimum absolute atomic E-state index is 0.0211. The lowest BCUT2D eigenvalue weighted by atomic mass is 9.93. The first-order chi connectivity index (χ1) is 11.2. The fourth-order valence-electron chi connectivity index (χ4n) is 3.22. The van der Waals surface area contributed by atoms with Gasteiger partial charge < -0.3 is 19.6 Å². The smallest absolute Gasteiger partial charge is 0.253 e. The van der Waals surface area contributed by atoms with E-state index in [2.05, 4.69) is 15.3 Å². The van der Waals surface area contributed by atoms with Crippen LogP contribution < -0.4 is 5.32 Å². The van der Waals surface area contributed by atoms with Crippen LogP contribution in [0.15, 0.2) is 24.7 Å². The van der Waals surface area contributed by atoms with Gasteiger partial charge in [0, 0.05) is 50.4 Å². The molecule has 23 heavy (non-hydrogen) atoms. The molecule has 1 aliphatic heterocycles. The number of aromatic amines is 1. The van der Waals surface area contributed by atoms with Crippen LogP contribution in [0.4, 0.5) is 0 Å². The summed E-state index contributed by atoms with van der Waals surface area (Å²) < 4.78 is 7.94. The fraction of sp³-hybridized carbons (Fsp3) is 0.529. The Morgan fingerprint density at radius 3 is 3.17 bits per heavy atom. The maximum Gasteiger partial charge on any atom is 0.253 e. The summed E-state index contributed by atoms with van der Waals surface area (Å²) in [5.41, 5.74) is 1.71. The van der Waals surface area contributed by atoms with Crippen LogP contribution >= 0.6 is 0 Å². The van der Waals surface area contributed by atoms with Crippen LogP contribution in [-0.4, -0.2) is 33.6 Å². The SMILES string of the molecule is CCc1[nH]ccc1C(=O)NC[C@@H]1CCCO[C@H]1c1nccn1C. The van der Waals surface area contributed by atoms with Crippen LogP contribution in [0.5, 0.6) is 0 Å². The van der Waals surface area contributed by atoms with E-state index >= 15 is 0 Å². The molecule has 0 aromatic carbocycles. The molecule has 2 aromatic heterocycles. The van der Waals surface area contributed by atoms with E-state index in [1.807, 2.05) is 37.0 Å². The third-order valence-corrected chi connectivity index (χ3v) is 4.51. The van der Waals surface area contributed by atoms with Crippen LogP contribution in [0, 0.1) is 5.92 Å². The average Bonchev–Trinajstić information content (AvgIpc) is 3.21.